The molecular formula is C19H26F3N3O2. The zero-order valence-corrected chi connectivity index (χ0v) is 15.3. The molecule has 0 bridgehead atoms. The summed E-state index contributed by atoms with van der Waals surface area (Å²) < 4.78 is 39.4. The van der Waals surface area contributed by atoms with Gasteiger partial charge in [-0.15, -0.1) is 0 Å². The number of alkyl halides is 3. The van der Waals surface area contributed by atoms with E-state index in [0.717, 1.165) is 57.3 Å². The molecule has 2 N–H and O–H groups in total. The summed E-state index contributed by atoms with van der Waals surface area (Å²) in [5, 5.41) is 11.8. The minimum atomic E-state index is -4.46. The summed E-state index contributed by atoms with van der Waals surface area (Å²) >= 11 is 0. The topological polar surface area (TPSA) is 55.8 Å². The van der Waals surface area contributed by atoms with Crippen LogP contribution in [0.1, 0.15) is 37.7 Å². The van der Waals surface area contributed by atoms with Crippen LogP contribution < -0.4 is 10.2 Å². The zero-order chi connectivity index (χ0) is 19.4. The van der Waals surface area contributed by atoms with Crippen molar-refractivity contribution in [2.24, 2.45) is 0 Å². The summed E-state index contributed by atoms with van der Waals surface area (Å²) in [7, 11) is 0. The van der Waals surface area contributed by atoms with E-state index in [0.29, 0.717) is 12.2 Å². The van der Waals surface area contributed by atoms with E-state index < -0.39 is 11.7 Å². The molecular weight excluding hydrogens is 359 g/mol. The second-order valence-corrected chi connectivity index (χ2v) is 7.25. The van der Waals surface area contributed by atoms with Crippen molar-refractivity contribution in [3.8, 4) is 0 Å². The molecule has 0 atom stereocenters. The van der Waals surface area contributed by atoms with Crippen LogP contribution in [0.3, 0.4) is 0 Å². The molecule has 2 aliphatic rings. The Morgan fingerprint density at radius 1 is 1.22 bits per heavy atom. The smallest absolute Gasteiger partial charge is 0.395 e. The number of carbonyl (C=O) groups is 1. The predicted octanol–water partition coefficient (Wildman–Crippen LogP) is 3.09. The standard InChI is InChI=1S/C19H26F3N3O2/c20-19(21,22)14-4-7-17(24-8-2-1-3-9-24)16(12-14)23-18(27)13-25(10-11-26)15-5-6-15/h4,7,12,15,26H,1-3,5-6,8-11,13H2,(H,23,27). The third-order valence-electron chi connectivity index (χ3n) is 5.09. The minimum Gasteiger partial charge on any atom is -0.395 e. The van der Waals surface area contributed by atoms with E-state index in [9.17, 15) is 18.0 Å². The molecule has 1 aromatic rings. The van der Waals surface area contributed by atoms with Gasteiger partial charge in [-0.05, 0) is 50.3 Å². The van der Waals surface area contributed by atoms with Gasteiger partial charge in [-0.25, -0.2) is 0 Å². The van der Waals surface area contributed by atoms with Gasteiger partial charge in [0.15, 0.2) is 0 Å². The average Bonchev–Trinajstić information content (AvgIpc) is 3.46. The number of amides is 1. The Labute approximate surface area is 157 Å². The first kappa shape index (κ1) is 19.9. The molecule has 2 fully saturated rings. The first-order valence-electron chi connectivity index (χ1n) is 9.49. The fraction of sp³-hybridized carbons (Fsp3) is 0.632. The van der Waals surface area contributed by atoms with E-state index in [2.05, 4.69) is 5.32 Å². The monoisotopic (exact) mass is 385 g/mol. The number of hydrogen-bond donors (Lipinski definition) is 2. The maximum Gasteiger partial charge on any atom is 0.416 e. The van der Waals surface area contributed by atoms with E-state index in [4.69, 9.17) is 5.11 Å². The quantitative estimate of drug-likeness (QED) is 0.757. The molecule has 1 aromatic carbocycles. The highest BCUT2D eigenvalue weighted by Crippen LogP contribution is 2.36. The van der Waals surface area contributed by atoms with Gasteiger partial charge in [0.1, 0.15) is 0 Å². The lowest BCUT2D eigenvalue weighted by molar-refractivity contribution is -0.137. The van der Waals surface area contributed by atoms with Gasteiger partial charge in [-0.3, -0.25) is 9.69 Å². The number of aliphatic hydroxyl groups excluding tert-OH is 1. The Morgan fingerprint density at radius 2 is 1.93 bits per heavy atom. The van der Waals surface area contributed by atoms with E-state index in [1.807, 2.05) is 9.80 Å². The molecule has 1 heterocycles. The molecule has 0 aromatic heterocycles. The summed E-state index contributed by atoms with van der Waals surface area (Å²) in [5.41, 5.74) is 0.0700. The number of halogens is 3. The lowest BCUT2D eigenvalue weighted by atomic mass is 10.1. The van der Waals surface area contributed by atoms with Crippen LogP contribution in [0.4, 0.5) is 24.5 Å². The third-order valence-corrected chi connectivity index (χ3v) is 5.09. The molecule has 8 heteroatoms. The van der Waals surface area contributed by atoms with Crippen LogP contribution in [0.15, 0.2) is 18.2 Å². The molecule has 5 nitrogen and oxygen atoms in total. The van der Waals surface area contributed by atoms with Crippen LogP contribution in [0.25, 0.3) is 0 Å². The predicted molar refractivity (Wildman–Crippen MR) is 97.8 cm³/mol. The van der Waals surface area contributed by atoms with Gasteiger partial charge in [0.2, 0.25) is 5.91 Å². The molecule has 0 unspecified atom stereocenters. The highest BCUT2D eigenvalue weighted by atomic mass is 19.4. The maximum absolute atomic E-state index is 13.1. The van der Waals surface area contributed by atoms with Crippen molar-refractivity contribution in [2.45, 2.75) is 44.3 Å². The number of benzene rings is 1. The number of anilines is 2. The van der Waals surface area contributed by atoms with Gasteiger partial charge >= 0.3 is 6.18 Å². The molecule has 0 spiro atoms. The van der Waals surface area contributed by atoms with E-state index in [-0.39, 0.29) is 30.8 Å². The number of carbonyl (C=O) groups excluding carboxylic acids is 1. The number of nitrogens with zero attached hydrogens (tertiary/aromatic N) is 2. The summed E-state index contributed by atoms with van der Waals surface area (Å²) in [6, 6.07) is 3.83. The number of rotatable bonds is 7. The van der Waals surface area contributed by atoms with Crippen LogP contribution in [0, 0.1) is 0 Å². The Bertz CT molecular complexity index is 656. The van der Waals surface area contributed by atoms with Gasteiger partial charge in [0.05, 0.1) is 30.1 Å². The molecule has 1 saturated carbocycles. The highest BCUT2D eigenvalue weighted by molar-refractivity contribution is 5.96. The first-order valence-corrected chi connectivity index (χ1v) is 9.49. The summed E-state index contributed by atoms with van der Waals surface area (Å²) in [6.45, 7) is 1.95. The Balaban J connectivity index is 1.78. The summed E-state index contributed by atoms with van der Waals surface area (Å²) in [6.07, 6.45) is 0.583. The van der Waals surface area contributed by atoms with Crippen molar-refractivity contribution in [1.29, 1.82) is 0 Å². The highest BCUT2D eigenvalue weighted by Gasteiger charge is 2.33. The van der Waals surface area contributed by atoms with Crippen LogP contribution in [0.5, 0.6) is 0 Å². The van der Waals surface area contributed by atoms with Crippen LogP contribution in [0.2, 0.25) is 0 Å². The minimum absolute atomic E-state index is 0.0492. The number of hydrogen-bond acceptors (Lipinski definition) is 4. The van der Waals surface area contributed by atoms with Gasteiger partial charge < -0.3 is 15.3 Å². The number of nitrogens with one attached hydrogen (secondary N) is 1. The Hall–Kier alpha value is -1.80. The molecule has 3 rings (SSSR count). The lowest BCUT2D eigenvalue weighted by Crippen LogP contribution is -2.37. The Kier molecular flexibility index (Phi) is 6.26. The first-order chi connectivity index (χ1) is 12.9. The molecule has 150 valence electrons. The summed E-state index contributed by atoms with van der Waals surface area (Å²) in [4.78, 5) is 16.4. The van der Waals surface area contributed by atoms with Crippen LogP contribution in [-0.2, 0) is 11.0 Å². The average molecular weight is 385 g/mol. The van der Waals surface area contributed by atoms with E-state index >= 15 is 0 Å². The Morgan fingerprint density at radius 3 is 2.52 bits per heavy atom. The van der Waals surface area contributed by atoms with Crippen LogP contribution >= 0.6 is 0 Å². The van der Waals surface area contributed by atoms with Crippen molar-refractivity contribution < 1.29 is 23.1 Å². The number of aliphatic hydroxyl groups is 1. The van der Waals surface area contributed by atoms with Gasteiger partial charge in [0.25, 0.3) is 0 Å². The van der Waals surface area contributed by atoms with Crippen LogP contribution in [-0.4, -0.2) is 54.7 Å². The fourth-order valence-electron chi connectivity index (χ4n) is 3.56. The normalized spacial score (nSPS) is 18.0. The largest absolute Gasteiger partial charge is 0.416 e. The second-order valence-electron chi connectivity index (χ2n) is 7.25. The van der Waals surface area contributed by atoms with Gasteiger partial charge in [0, 0.05) is 25.7 Å². The molecule has 1 amide bonds. The maximum atomic E-state index is 13.1. The van der Waals surface area contributed by atoms with Gasteiger partial charge in [-0.1, -0.05) is 0 Å². The van der Waals surface area contributed by atoms with Crippen molar-refractivity contribution >= 4 is 17.3 Å². The molecule has 0 radical (unpaired) electrons. The molecule has 27 heavy (non-hydrogen) atoms. The lowest BCUT2D eigenvalue weighted by Gasteiger charge is -2.31. The van der Waals surface area contributed by atoms with Crippen molar-refractivity contribution in [1.82, 2.24) is 4.90 Å². The fourth-order valence-corrected chi connectivity index (χ4v) is 3.56. The van der Waals surface area contributed by atoms with Crippen molar-refractivity contribution in [3.63, 3.8) is 0 Å². The zero-order valence-electron chi connectivity index (χ0n) is 15.3. The van der Waals surface area contributed by atoms with Gasteiger partial charge in [-0.2, -0.15) is 13.2 Å². The third kappa shape index (κ3) is 5.35. The SMILES string of the molecule is O=C(CN(CCO)C1CC1)Nc1cc(C(F)(F)F)ccc1N1CCCCC1. The number of piperidine rings is 1. The second kappa shape index (κ2) is 8.48. The molecule has 1 saturated heterocycles. The van der Waals surface area contributed by atoms with Crippen molar-refractivity contribution in [2.75, 3.05) is 43.0 Å². The molecule has 1 aliphatic heterocycles. The van der Waals surface area contributed by atoms with E-state index in [1.54, 1.807) is 0 Å². The summed E-state index contributed by atoms with van der Waals surface area (Å²) in [5.74, 6) is -0.354. The van der Waals surface area contributed by atoms with Crippen molar-refractivity contribution in [3.05, 3.63) is 23.8 Å². The van der Waals surface area contributed by atoms with E-state index in [1.165, 1.54) is 6.07 Å². The molecule has 1 aliphatic carbocycles.